The Morgan fingerprint density at radius 1 is 1.47 bits per heavy atom. The molecule has 2 rings (SSSR count). The number of hydrogen-bond donors (Lipinski definition) is 1. The van der Waals surface area contributed by atoms with Crippen LogP contribution in [0.15, 0.2) is 23.8 Å². The molecule has 17 heavy (non-hydrogen) atoms. The van der Waals surface area contributed by atoms with Crippen molar-refractivity contribution < 1.29 is 0 Å². The minimum absolute atomic E-state index is 0.283. The summed E-state index contributed by atoms with van der Waals surface area (Å²) in [5, 5.41) is 11.0. The highest BCUT2D eigenvalue weighted by molar-refractivity contribution is 7.09. The summed E-state index contributed by atoms with van der Waals surface area (Å²) in [5.74, 6) is 0. The molecular formula is C12H18N4S. The average molecular weight is 250 g/mol. The van der Waals surface area contributed by atoms with Crippen LogP contribution in [0.5, 0.6) is 0 Å². The molecule has 1 N–H and O–H groups in total. The Morgan fingerprint density at radius 3 is 2.88 bits per heavy atom. The first-order valence-corrected chi connectivity index (χ1v) is 6.68. The molecule has 0 aliphatic rings. The van der Waals surface area contributed by atoms with E-state index in [2.05, 4.69) is 34.6 Å². The lowest BCUT2D eigenvalue weighted by molar-refractivity contribution is 0.409. The van der Waals surface area contributed by atoms with Crippen molar-refractivity contribution in [3.05, 3.63) is 34.5 Å². The van der Waals surface area contributed by atoms with Gasteiger partial charge in [-0.05, 0) is 26.8 Å². The number of aromatic nitrogens is 3. The molecule has 0 spiro atoms. The highest BCUT2D eigenvalue weighted by atomic mass is 32.1. The number of nitrogens with one attached hydrogen (secondary N) is 1. The zero-order chi connectivity index (χ0) is 12.3. The van der Waals surface area contributed by atoms with Crippen molar-refractivity contribution in [1.82, 2.24) is 20.1 Å². The van der Waals surface area contributed by atoms with Crippen LogP contribution >= 0.6 is 11.3 Å². The van der Waals surface area contributed by atoms with Gasteiger partial charge in [-0.2, -0.15) is 5.10 Å². The lowest BCUT2D eigenvalue weighted by atomic mass is 10.2. The quantitative estimate of drug-likeness (QED) is 0.886. The maximum atomic E-state index is 4.49. The summed E-state index contributed by atoms with van der Waals surface area (Å²) in [6.45, 7) is 7.22. The summed E-state index contributed by atoms with van der Waals surface area (Å²) in [5.41, 5.74) is 1.12. The van der Waals surface area contributed by atoms with Crippen LogP contribution in [0, 0.1) is 6.92 Å². The van der Waals surface area contributed by atoms with Crippen molar-refractivity contribution in [3.8, 4) is 0 Å². The van der Waals surface area contributed by atoms with Crippen molar-refractivity contribution in [2.45, 2.75) is 39.4 Å². The van der Waals surface area contributed by atoms with Gasteiger partial charge in [0.25, 0.3) is 0 Å². The van der Waals surface area contributed by atoms with Gasteiger partial charge in [-0.25, -0.2) is 4.98 Å². The van der Waals surface area contributed by atoms with Crippen molar-refractivity contribution in [2.24, 2.45) is 0 Å². The number of rotatable bonds is 5. The summed E-state index contributed by atoms with van der Waals surface area (Å²) in [4.78, 5) is 4.49. The number of nitrogens with zero attached hydrogens (tertiary/aromatic N) is 3. The standard InChI is InChI=1S/C12H18N4S/c1-9(7-16-6-4-5-13-16)14-10(2)12-8-17-11(3)15-12/h4-6,8-10,14H,7H2,1-3H3. The van der Waals surface area contributed by atoms with Gasteiger partial charge in [-0.1, -0.05) is 0 Å². The number of hydrogen-bond acceptors (Lipinski definition) is 4. The summed E-state index contributed by atoms with van der Waals surface area (Å²) >= 11 is 1.70. The predicted octanol–water partition coefficient (Wildman–Crippen LogP) is 2.39. The summed E-state index contributed by atoms with van der Waals surface area (Å²) in [6, 6.07) is 2.59. The first kappa shape index (κ1) is 12.3. The molecule has 4 nitrogen and oxygen atoms in total. The first-order chi connectivity index (χ1) is 8.15. The van der Waals surface area contributed by atoms with E-state index in [9.17, 15) is 0 Å². The van der Waals surface area contributed by atoms with Gasteiger partial charge in [0.15, 0.2) is 0 Å². The summed E-state index contributed by atoms with van der Waals surface area (Å²) in [6.07, 6.45) is 3.79. The van der Waals surface area contributed by atoms with E-state index in [1.165, 1.54) is 0 Å². The maximum absolute atomic E-state index is 4.49. The molecule has 92 valence electrons. The van der Waals surface area contributed by atoms with Gasteiger partial charge in [-0.15, -0.1) is 11.3 Å². The van der Waals surface area contributed by atoms with Crippen LogP contribution in [0.2, 0.25) is 0 Å². The molecule has 5 heteroatoms. The van der Waals surface area contributed by atoms with Gasteiger partial charge in [0.1, 0.15) is 0 Å². The third kappa shape index (κ3) is 3.38. The van der Waals surface area contributed by atoms with Crippen molar-refractivity contribution in [1.29, 1.82) is 0 Å². The molecule has 0 aliphatic carbocycles. The number of aryl methyl sites for hydroxylation is 1. The SMILES string of the molecule is Cc1nc(C(C)NC(C)Cn2cccn2)cs1. The zero-order valence-electron chi connectivity index (χ0n) is 10.4. The Bertz CT molecular complexity index is 449. The molecule has 0 fully saturated rings. The van der Waals surface area contributed by atoms with E-state index < -0.39 is 0 Å². The fourth-order valence-corrected chi connectivity index (χ4v) is 2.54. The lowest BCUT2D eigenvalue weighted by Crippen LogP contribution is -2.32. The summed E-state index contributed by atoms with van der Waals surface area (Å²) < 4.78 is 1.94. The van der Waals surface area contributed by atoms with Crippen molar-refractivity contribution >= 4 is 11.3 Å². The lowest BCUT2D eigenvalue weighted by Gasteiger charge is -2.18. The topological polar surface area (TPSA) is 42.7 Å². The van der Waals surface area contributed by atoms with Crippen LogP contribution < -0.4 is 5.32 Å². The van der Waals surface area contributed by atoms with Crippen molar-refractivity contribution in [2.75, 3.05) is 0 Å². The smallest absolute Gasteiger partial charge is 0.0898 e. The Kier molecular flexibility index (Phi) is 3.91. The fourth-order valence-electron chi connectivity index (χ4n) is 1.83. The van der Waals surface area contributed by atoms with E-state index in [0.717, 1.165) is 17.2 Å². The first-order valence-electron chi connectivity index (χ1n) is 5.80. The van der Waals surface area contributed by atoms with Crippen LogP contribution in [0.25, 0.3) is 0 Å². The summed E-state index contributed by atoms with van der Waals surface area (Å²) in [7, 11) is 0. The molecule has 0 saturated carbocycles. The highest BCUT2D eigenvalue weighted by Gasteiger charge is 2.12. The minimum atomic E-state index is 0.283. The van der Waals surface area contributed by atoms with Gasteiger partial charge < -0.3 is 5.32 Å². The van der Waals surface area contributed by atoms with E-state index in [-0.39, 0.29) is 6.04 Å². The van der Waals surface area contributed by atoms with E-state index in [1.54, 1.807) is 17.5 Å². The van der Waals surface area contributed by atoms with Crippen LogP contribution in [0.1, 0.15) is 30.6 Å². The number of thiazole rings is 1. The van der Waals surface area contributed by atoms with Gasteiger partial charge in [0.05, 0.1) is 17.2 Å². The Balaban J connectivity index is 1.88. The molecule has 0 bridgehead atoms. The second-order valence-electron chi connectivity index (χ2n) is 4.31. The largest absolute Gasteiger partial charge is 0.304 e. The molecule has 2 aromatic heterocycles. The Labute approximate surface area is 106 Å². The zero-order valence-corrected chi connectivity index (χ0v) is 11.2. The molecule has 0 aliphatic heterocycles. The Hall–Kier alpha value is -1.20. The van der Waals surface area contributed by atoms with Crippen LogP contribution in [0.4, 0.5) is 0 Å². The molecule has 2 atom stereocenters. The van der Waals surface area contributed by atoms with E-state index in [1.807, 2.05) is 23.9 Å². The van der Waals surface area contributed by atoms with Crippen LogP contribution in [-0.4, -0.2) is 20.8 Å². The molecular weight excluding hydrogens is 232 g/mol. The third-order valence-corrected chi connectivity index (χ3v) is 3.43. The normalized spacial score (nSPS) is 14.8. The molecule has 0 saturated heterocycles. The second kappa shape index (κ2) is 5.42. The molecule has 0 aromatic carbocycles. The average Bonchev–Trinajstić information content (AvgIpc) is 2.89. The van der Waals surface area contributed by atoms with Crippen molar-refractivity contribution in [3.63, 3.8) is 0 Å². The van der Waals surface area contributed by atoms with Gasteiger partial charge in [0.2, 0.25) is 0 Å². The Morgan fingerprint density at radius 2 is 2.29 bits per heavy atom. The maximum Gasteiger partial charge on any atom is 0.0898 e. The predicted molar refractivity (Wildman–Crippen MR) is 70.1 cm³/mol. The monoisotopic (exact) mass is 250 g/mol. The van der Waals surface area contributed by atoms with E-state index >= 15 is 0 Å². The van der Waals surface area contributed by atoms with E-state index in [4.69, 9.17) is 0 Å². The third-order valence-electron chi connectivity index (χ3n) is 2.64. The van der Waals surface area contributed by atoms with Gasteiger partial charge in [0, 0.05) is 29.9 Å². The van der Waals surface area contributed by atoms with Crippen LogP contribution in [-0.2, 0) is 6.54 Å². The van der Waals surface area contributed by atoms with Gasteiger partial charge >= 0.3 is 0 Å². The fraction of sp³-hybridized carbons (Fsp3) is 0.500. The molecule has 0 amide bonds. The molecule has 2 unspecified atom stereocenters. The molecule has 2 aromatic rings. The highest BCUT2D eigenvalue weighted by Crippen LogP contribution is 2.16. The second-order valence-corrected chi connectivity index (χ2v) is 5.37. The molecule has 0 radical (unpaired) electrons. The molecule has 2 heterocycles. The van der Waals surface area contributed by atoms with E-state index in [0.29, 0.717) is 6.04 Å². The van der Waals surface area contributed by atoms with Crippen LogP contribution in [0.3, 0.4) is 0 Å². The van der Waals surface area contributed by atoms with Gasteiger partial charge in [-0.3, -0.25) is 4.68 Å². The minimum Gasteiger partial charge on any atom is -0.304 e.